The SMILES string of the molecule is CC(=O)NC1[C@H](OCCCCCCOP(=O)(O)OCCCOCC(COCCCOP(=O)(O)OCCCCCCO[C@@H]2OC(CO)[C@H](O)[C@H](O)C2C)(COCOP(=O)(O)OCCCCCCO[C@@H]2OC(CO)[C@H](O)[C@H](O)C2C)C(C)C)OC(CO)[C@H](O)[C@@H]1O. The van der Waals surface area contributed by atoms with E-state index in [9.17, 15) is 79.1 Å². The van der Waals surface area contributed by atoms with Crippen LogP contribution in [0.3, 0.4) is 0 Å². The summed E-state index contributed by atoms with van der Waals surface area (Å²) >= 11 is 0. The molecule has 0 radical (unpaired) electrons. The lowest BCUT2D eigenvalue weighted by Gasteiger charge is -2.42. The molecule has 0 saturated carbocycles. The van der Waals surface area contributed by atoms with E-state index in [-0.39, 0.29) is 98.0 Å². The van der Waals surface area contributed by atoms with E-state index >= 15 is 0 Å². The average Bonchev–Trinajstić information content (AvgIpc) is 2.35. The number of hydrogen-bond donors (Lipinski definition) is 13. The lowest BCUT2D eigenvalue weighted by atomic mass is 9.79. The lowest BCUT2D eigenvalue weighted by Crippen LogP contribution is -2.64. The summed E-state index contributed by atoms with van der Waals surface area (Å²) in [5.74, 6) is -1.71. The van der Waals surface area contributed by atoms with Crippen LogP contribution in [0.25, 0.3) is 0 Å². The fourth-order valence-electron chi connectivity index (χ4n) is 9.56. The Morgan fingerprint density at radius 1 is 0.438 bits per heavy atom. The maximum Gasteiger partial charge on any atom is 0.474 e. The highest BCUT2D eigenvalue weighted by atomic mass is 31.2. The fourth-order valence-corrected chi connectivity index (χ4v) is 11.8. The van der Waals surface area contributed by atoms with Crippen LogP contribution in [0, 0.1) is 23.2 Å². The van der Waals surface area contributed by atoms with E-state index in [4.69, 9.17) is 69.8 Å². The first-order valence-electron chi connectivity index (χ1n) is 30.8. The van der Waals surface area contributed by atoms with E-state index in [1.807, 2.05) is 13.8 Å². The highest BCUT2D eigenvalue weighted by Gasteiger charge is 2.46. The van der Waals surface area contributed by atoms with E-state index in [0.717, 1.165) is 0 Å². The summed E-state index contributed by atoms with van der Waals surface area (Å²) in [5, 5.41) is 92.0. The number of phosphoric acid groups is 3. The Balaban J connectivity index is 1.39. The molecule has 0 aromatic heterocycles. The molecule has 3 aliphatic rings. The van der Waals surface area contributed by atoms with E-state index in [1.165, 1.54) is 6.92 Å². The molecule has 3 rings (SSSR count). The number of rotatable bonds is 51. The molecule has 35 heteroatoms. The van der Waals surface area contributed by atoms with Crippen molar-refractivity contribution in [1.82, 2.24) is 5.32 Å². The van der Waals surface area contributed by atoms with Gasteiger partial charge in [0.1, 0.15) is 48.8 Å². The van der Waals surface area contributed by atoms with Crippen LogP contribution >= 0.6 is 23.5 Å². The van der Waals surface area contributed by atoms with Crippen LogP contribution < -0.4 is 5.32 Å². The third-order valence-electron chi connectivity index (χ3n) is 15.4. The van der Waals surface area contributed by atoms with Crippen LogP contribution in [0.5, 0.6) is 0 Å². The van der Waals surface area contributed by atoms with Crippen LogP contribution in [0.4, 0.5) is 0 Å². The Kier molecular flexibility index (Phi) is 40.7. The number of nitrogens with one attached hydrogen (secondary N) is 1. The zero-order valence-electron chi connectivity index (χ0n) is 52.1. The van der Waals surface area contributed by atoms with Crippen molar-refractivity contribution in [1.29, 1.82) is 0 Å². The molecule has 89 heavy (non-hydrogen) atoms. The minimum atomic E-state index is -4.55. The van der Waals surface area contributed by atoms with Gasteiger partial charge >= 0.3 is 23.5 Å². The van der Waals surface area contributed by atoms with Gasteiger partial charge in [-0.25, -0.2) is 13.7 Å². The van der Waals surface area contributed by atoms with Crippen molar-refractivity contribution in [3.05, 3.63) is 0 Å². The van der Waals surface area contributed by atoms with Gasteiger partial charge in [0.05, 0.1) is 84.9 Å². The number of aliphatic hydroxyl groups excluding tert-OH is 9. The molecule has 13 N–H and O–H groups in total. The molecule has 0 aliphatic carbocycles. The van der Waals surface area contributed by atoms with Crippen LogP contribution in [0.15, 0.2) is 0 Å². The molecule has 3 saturated heterocycles. The molecule has 3 fully saturated rings. The van der Waals surface area contributed by atoms with E-state index in [2.05, 4.69) is 5.32 Å². The molecule has 0 aromatic rings. The molecule has 3 heterocycles. The number of carbonyl (C=O) groups is 1. The minimum absolute atomic E-state index is 0.0115. The van der Waals surface area contributed by atoms with Gasteiger partial charge in [-0.2, -0.15) is 0 Å². The predicted octanol–water partition coefficient (Wildman–Crippen LogP) is 1.64. The number of ether oxygens (including phenoxy) is 9. The van der Waals surface area contributed by atoms with Gasteiger partial charge in [0, 0.05) is 57.2 Å². The molecule has 32 nitrogen and oxygen atoms in total. The van der Waals surface area contributed by atoms with Gasteiger partial charge < -0.3 is 109 Å². The second kappa shape index (κ2) is 44.0. The van der Waals surface area contributed by atoms with Crippen molar-refractivity contribution in [2.75, 3.05) is 113 Å². The maximum absolute atomic E-state index is 12.8. The van der Waals surface area contributed by atoms with Gasteiger partial charge in [-0.1, -0.05) is 66.2 Å². The van der Waals surface area contributed by atoms with Crippen molar-refractivity contribution in [3.8, 4) is 0 Å². The maximum atomic E-state index is 12.8. The number of unbranched alkanes of at least 4 members (excludes halogenated alkanes) is 9. The number of amides is 1. The molecular formula is C54H106NO31P3. The molecule has 0 spiro atoms. The Hall–Kier alpha value is -0.920. The summed E-state index contributed by atoms with van der Waals surface area (Å²) in [5.41, 5.74) is -0.911. The topological polar surface area (TPSA) is 462 Å². The van der Waals surface area contributed by atoms with Crippen molar-refractivity contribution in [2.45, 2.75) is 204 Å². The number of hydrogen-bond acceptors (Lipinski definition) is 28. The molecule has 10 unspecified atom stereocenters. The Bertz CT molecular complexity index is 2020. The van der Waals surface area contributed by atoms with Crippen molar-refractivity contribution >= 4 is 29.4 Å². The molecule has 0 bridgehead atoms. The number of carbonyl (C=O) groups excluding carboxylic acids is 1. The monoisotopic (exact) mass is 1360 g/mol. The smallest absolute Gasteiger partial charge is 0.394 e. The molecule has 3 aliphatic heterocycles. The van der Waals surface area contributed by atoms with Gasteiger partial charge in [0.25, 0.3) is 0 Å². The van der Waals surface area contributed by atoms with Crippen molar-refractivity contribution in [2.24, 2.45) is 23.2 Å². The molecule has 528 valence electrons. The van der Waals surface area contributed by atoms with Gasteiger partial charge in [-0.15, -0.1) is 0 Å². The van der Waals surface area contributed by atoms with Gasteiger partial charge in [-0.3, -0.25) is 31.9 Å². The minimum Gasteiger partial charge on any atom is -0.394 e. The second-order valence-electron chi connectivity index (χ2n) is 22.9. The van der Waals surface area contributed by atoms with Crippen LogP contribution in [0.2, 0.25) is 0 Å². The Labute approximate surface area is 522 Å². The van der Waals surface area contributed by atoms with Gasteiger partial charge in [-0.05, 0) is 57.3 Å². The quantitative estimate of drug-likeness (QED) is 0.0234. The summed E-state index contributed by atoms with van der Waals surface area (Å²) in [6, 6.07) is -1.06. The summed E-state index contributed by atoms with van der Waals surface area (Å²) in [6.45, 7) is 6.33. The molecule has 1 amide bonds. The first-order valence-corrected chi connectivity index (χ1v) is 35.3. The van der Waals surface area contributed by atoms with Crippen LogP contribution in [-0.2, 0) is 88.3 Å². The zero-order valence-corrected chi connectivity index (χ0v) is 54.8. The predicted molar refractivity (Wildman–Crippen MR) is 312 cm³/mol. The Morgan fingerprint density at radius 3 is 1.11 bits per heavy atom. The molecule has 19 atom stereocenters. The second-order valence-corrected chi connectivity index (χ2v) is 27.3. The average molecular weight is 1360 g/mol. The molecular weight excluding hydrogens is 1250 g/mol. The third kappa shape index (κ3) is 31.2. The highest BCUT2D eigenvalue weighted by molar-refractivity contribution is 7.47. The number of aliphatic hydroxyl groups is 9. The lowest BCUT2D eigenvalue weighted by molar-refractivity contribution is -0.282. The molecule has 0 aromatic carbocycles. The zero-order chi connectivity index (χ0) is 66.0. The van der Waals surface area contributed by atoms with Crippen molar-refractivity contribution in [3.63, 3.8) is 0 Å². The third-order valence-corrected chi connectivity index (χ3v) is 18.4. The summed E-state index contributed by atoms with van der Waals surface area (Å²) in [4.78, 5) is 42.6. The summed E-state index contributed by atoms with van der Waals surface area (Å²) in [6.07, 6.45) is -6.10. The Morgan fingerprint density at radius 2 is 0.753 bits per heavy atom. The summed E-state index contributed by atoms with van der Waals surface area (Å²) in [7, 11) is -13.4. The van der Waals surface area contributed by atoms with Gasteiger partial charge in [0.15, 0.2) is 25.7 Å². The van der Waals surface area contributed by atoms with E-state index < -0.39 is 153 Å². The van der Waals surface area contributed by atoms with E-state index in [0.29, 0.717) is 83.7 Å². The summed E-state index contributed by atoms with van der Waals surface area (Å²) < 4.78 is 120. The van der Waals surface area contributed by atoms with Gasteiger partial charge in [0.2, 0.25) is 5.91 Å². The van der Waals surface area contributed by atoms with E-state index in [1.54, 1.807) is 13.8 Å². The van der Waals surface area contributed by atoms with Crippen LogP contribution in [0.1, 0.15) is 125 Å². The van der Waals surface area contributed by atoms with Crippen LogP contribution in [-0.4, -0.2) is 259 Å². The van der Waals surface area contributed by atoms with Crippen molar-refractivity contribution < 1.29 is 149 Å². The first kappa shape index (κ1) is 82.3. The number of phosphoric ester groups is 3. The first-order chi connectivity index (χ1) is 42.2. The highest BCUT2D eigenvalue weighted by Crippen LogP contribution is 2.45. The normalized spacial score (nSPS) is 30.4. The standard InChI is InChI=1S/C54H106NO31P3/c1-37(2)54(35-74-36-83-89(70,71)80-27-17-10-7-13-23-76-52-39(4)46(61)48(63)42(31-57)85-52,33-72-20-18-28-81-87(66,67)78-25-15-9-6-12-22-75-51-38(3)45(60)47(62)41(30-56)84-51)34-73-21-19-29-82-88(68,69)79-26-16-11-8-14-24-77-53-44(55-40(5)59)50(65)49(64)43(32-58)86-53/h37-39,41-53,56-58,60-65H,6-36H2,1-5H3,(H,55,59)(H,66,67)(H,68,69)(H,70,71)/t38?,39?,41?,42?,43?,44?,45-,46-,47+,48+,49+,50-,51-,52-,53-,54?/m1/s1. The fraction of sp³-hybridized carbons (Fsp3) is 0.981. The largest absolute Gasteiger partial charge is 0.474 e.